The van der Waals surface area contributed by atoms with Crippen LogP contribution in [0.5, 0.6) is 5.75 Å². The van der Waals surface area contributed by atoms with Crippen LogP contribution in [0.1, 0.15) is 0 Å². The maximum absolute atomic E-state index is 11.6. The minimum atomic E-state index is -0.281. The molecule has 0 aliphatic carbocycles. The van der Waals surface area contributed by atoms with Crippen LogP contribution in [0.3, 0.4) is 0 Å². The molecule has 1 aromatic rings. The average Bonchev–Trinajstić information content (AvgIpc) is 2.37. The SMILES string of the molecule is CN(CC(N)=NO)C(=O)COc1ccc(Cl)cc1. The molecule has 0 saturated carbocycles. The number of halogens is 1. The van der Waals surface area contributed by atoms with Crippen molar-refractivity contribution in [3.63, 3.8) is 0 Å². The number of likely N-dealkylation sites (N-methyl/N-ethyl adjacent to an activating group) is 1. The molecule has 7 heteroatoms. The summed E-state index contributed by atoms with van der Waals surface area (Å²) in [7, 11) is 1.53. The molecule has 98 valence electrons. The van der Waals surface area contributed by atoms with Gasteiger partial charge in [0.1, 0.15) is 5.75 Å². The van der Waals surface area contributed by atoms with Crippen molar-refractivity contribution in [2.75, 3.05) is 20.2 Å². The fraction of sp³-hybridized carbons (Fsp3) is 0.273. The van der Waals surface area contributed by atoms with Crippen LogP contribution in [0.25, 0.3) is 0 Å². The van der Waals surface area contributed by atoms with E-state index in [-0.39, 0.29) is 24.9 Å². The lowest BCUT2D eigenvalue weighted by atomic mass is 10.3. The molecule has 3 N–H and O–H groups in total. The van der Waals surface area contributed by atoms with Gasteiger partial charge in [-0.15, -0.1) is 0 Å². The van der Waals surface area contributed by atoms with E-state index >= 15 is 0 Å². The molecule has 0 aliphatic rings. The predicted molar refractivity (Wildman–Crippen MR) is 68.0 cm³/mol. The lowest BCUT2D eigenvalue weighted by Crippen LogP contribution is -2.38. The Kier molecular flexibility index (Phi) is 5.26. The van der Waals surface area contributed by atoms with Crippen molar-refractivity contribution in [2.24, 2.45) is 10.9 Å². The number of amidine groups is 1. The van der Waals surface area contributed by atoms with Gasteiger partial charge in [0.2, 0.25) is 0 Å². The monoisotopic (exact) mass is 271 g/mol. The maximum atomic E-state index is 11.6. The van der Waals surface area contributed by atoms with E-state index in [2.05, 4.69) is 5.16 Å². The molecule has 18 heavy (non-hydrogen) atoms. The summed E-state index contributed by atoms with van der Waals surface area (Å²) in [6.07, 6.45) is 0. The lowest BCUT2D eigenvalue weighted by Gasteiger charge is -2.16. The van der Waals surface area contributed by atoms with Gasteiger partial charge in [0, 0.05) is 12.1 Å². The average molecular weight is 272 g/mol. The summed E-state index contributed by atoms with van der Waals surface area (Å²) < 4.78 is 5.27. The Morgan fingerprint density at radius 3 is 2.67 bits per heavy atom. The highest BCUT2D eigenvalue weighted by Gasteiger charge is 2.11. The molecule has 6 nitrogen and oxygen atoms in total. The summed E-state index contributed by atoms with van der Waals surface area (Å²) in [6.45, 7) is -0.0872. The zero-order valence-corrected chi connectivity index (χ0v) is 10.6. The first-order valence-corrected chi connectivity index (χ1v) is 5.49. The minimum absolute atomic E-state index is 0.0410. The molecule has 0 aliphatic heterocycles. The normalized spacial score (nSPS) is 11.1. The fourth-order valence-corrected chi connectivity index (χ4v) is 1.27. The molecule has 0 spiro atoms. The number of carbonyl (C=O) groups is 1. The molecule has 0 radical (unpaired) electrons. The van der Waals surface area contributed by atoms with E-state index in [1.165, 1.54) is 11.9 Å². The van der Waals surface area contributed by atoms with E-state index in [9.17, 15) is 4.79 Å². The molecule has 1 amide bonds. The maximum Gasteiger partial charge on any atom is 0.260 e. The molecule has 0 fully saturated rings. The molecule has 0 unspecified atom stereocenters. The Morgan fingerprint density at radius 2 is 2.11 bits per heavy atom. The summed E-state index contributed by atoms with van der Waals surface area (Å²) >= 11 is 5.72. The van der Waals surface area contributed by atoms with Crippen molar-refractivity contribution >= 4 is 23.3 Å². The predicted octanol–water partition coefficient (Wildman–Crippen LogP) is 0.924. The van der Waals surface area contributed by atoms with Crippen molar-refractivity contribution in [3.05, 3.63) is 29.3 Å². The van der Waals surface area contributed by atoms with Crippen LogP contribution in [0.15, 0.2) is 29.4 Å². The minimum Gasteiger partial charge on any atom is -0.484 e. The van der Waals surface area contributed by atoms with Gasteiger partial charge in [-0.3, -0.25) is 4.79 Å². The Hall–Kier alpha value is -1.95. The van der Waals surface area contributed by atoms with Crippen LogP contribution in [-0.4, -0.2) is 42.0 Å². The van der Waals surface area contributed by atoms with Gasteiger partial charge in [0.05, 0.1) is 6.54 Å². The van der Waals surface area contributed by atoms with Gasteiger partial charge in [0.25, 0.3) is 5.91 Å². The van der Waals surface area contributed by atoms with Gasteiger partial charge in [-0.05, 0) is 24.3 Å². The highest BCUT2D eigenvalue weighted by atomic mass is 35.5. The van der Waals surface area contributed by atoms with E-state index in [1.54, 1.807) is 24.3 Å². The van der Waals surface area contributed by atoms with Gasteiger partial charge in [0.15, 0.2) is 12.4 Å². The number of hydrogen-bond donors (Lipinski definition) is 2. The largest absolute Gasteiger partial charge is 0.484 e. The molecule has 1 rings (SSSR count). The summed E-state index contributed by atoms with van der Waals surface area (Å²) in [5, 5.41) is 11.8. The third-order valence-corrected chi connectivity index (χ3v) is 2.38. The topological polar surface area (TPSA) is 88.1 Å². The van der Waals surface area contributed by atoms with Gasteiger partial charge in [-0.2, -0.15) is 0 Å². The van der Waals surface area contributed by atoms with Crippen molar-refractivity contribution in [1.82, 2.24) is 4.90 Å². The van der Waals surface area contributed by atoms with Crippen molar-refractivity contribution in [3.8, 4) is 5.75 Å². The van der Waals surface area contributed by atoms with Crippen LogP contribution in [0.2, 0.25) is 5.02 Å². The number of ether oxygens (including phenoxy) is 1. The van der Waals surface area contributed by atoms with Gasteiger partial charge in [-0.1, -0.05) is 16.8 Å². The first-order chi connectivity index (χ1) is 8.52. The molecule has 0 heterocycles. The molecule has 0 aromatic heterocycles. The second kappa shape index (κ2) is 6.70. The zero-order valence-electron chi connectivity index (χ0n) is 9.84. The summed E-state index contributed by atoms with van der Waals surface area (Å²) in [5.41, 5.74) is 5.29. The van der Waals surface area contributed by atoms with E-state index < -0.39 is 0 Å². The number of amides is 1. The van der Waals surface area contributed by atoms with E-state index in [4.69, 9.17) is 27.3 Å². The smallest absolute Gasteiger partial charge is 0.260 e. The van der Waals surface area contributed by atoms with Crippen LogP contribution < -0.4 is 10.5 Å². The number of carbonyl (C=O) groups excluding carboxylic acids is 1. The summed E-state index contributed by atoms with van der Waals surface area (Å²) in [5.74, 6) is 0.221. The first-order valence-electron chi connectivity index (χ1n) is 5.11. The highest BCUT2D eigenvalue weighted by Crippen LogP contribution is 2.15. The molecular formula is C11H14ClN3O3. The molecule has 0 atom stereocenters. The van der Waals surface area contributed by atoms with E-state index in [0.717, 1.165) is 0 Å². The van der Waals surface area contributed by atoms with Crippen molar-refractivity contribution < 1.29 is 14.7 Å². The third kappa shape index (κ3) is 4.50. The Bertz CT molecular complexity index is 434. The third-order valence-electron chi connectivity index (χ3n) is 2.13. The van der Waals surface area contributed by atoms with E-state index in [1.807, 2.05) is 0 Å². The number of benzene rings is 1. The van der Waals surface area contributed by atoms with Crippen LogP contribution in [0.4, 0.5) is 0 Å². The summed E-state index contributed by atoms with van der Waals surface area (Å²) in [6, 6.07) is 6.67. The number of hydrogen-bond acceptors (Lipinski definition) is 4. The lowest BCUT2D eigenvalue weighted by molar-refractivity contribution is -0.131. The Labute approximate surface area is 110 Å². The van der Waals surface area contributed by atoms with Crippen LogP contribution in [0, 0.1) is 0 Å². The molecule has 0 saturated heterocycles. The quantitative estimate of drug-likeness (QED) is 0.361. The van der Waals surface area contributed by atoms with E-state index in [0.29, 0.717) is 10.8 Å². The standard InChI is InChI=1S/C11H14ClN3O3/c1-15(6-10(13)14-17)11(16)7-18-9-4-2-8(12)3-5-9/h2-5,17H,6-7H2,1H3,(H2,13,14). The number of oxime groups is 1. The zero-order chi connectivity index (χ0) is 13.5. The number of nitrogens with zero attached hydrogens (tertiary/aromatic N) is 2. The first kappa shape index (κ1) is 14.1. The second-order valence-corrected chi connectivity index (χ2v) is 4.02. The van der Waals surface area contributed by atoms with Crippen molar-refractivity contribution in [1.29, 1.82) is 0 Å². The number of rotatable bonds is 5. The van der Waals surface area contributed by atoms with Gasteiger partial charge < -0.3 is 20.6 Å². The molecular weight excluding hydrogens is 258 g/mol. The van der Waals surface area contributed by atoms with Gasteiger partial charge in [-0.25, -0.2) is 0 Å². The Balaban J connectivity index is 2.43. The fourth-order valence-electron chi connectivity index (χ4n) is 1.15. The molecule has 1 aromatic carbocycles. The second-order valence-electron chi connectivity index (χ2n) is 3.58. The number of nitrogens with two attached hydrogens (primary N) is 1. The highest BCUT2D eigenvalue weighted by molar-refractivity contribution is 6.30. The summed E-state index contributed by atoms with van der Waals surface area (Å²) in [4.78, 5) is 12.9. The van der Waals surface area contributed by atoms with Crippen molar-refractivity contribution in [2.45, 2.75) is 0 Å². The van der Waals surface area contributed by atoms with Gasteiger partial charge >= 0.3 is 0 Å². The van der Waals surface area contributed by atoms with Crippen LogP contribution in [-0.2, 0) is 4.79 Å². The molecule has 0 bridgehead atoms. The Morgan fingerprint density at radius 1 is 1.50 bits per heavy atom. The van der Waals surface area contributed by atoms with Crippen LogP contribution >= 0.6 is 11.6 Å².